The van der Waals surface area contributed by atoms with E-state index in [2.05, 4.69) is 4.98 Å². The zero-order chi connectivity index (χ0) is 14.3. The number of fused-ring (bicyclic) bond motifs is 1. The lowest BCUT2D eigenvalue weighted by Crippen LogP contribution is -2.35. The van der Waals surface area contributed by atoms with Crippen molar-refractivity contribution in [3.8, 4) is 0 Å². The van der Waals surface area contributed by atoms with E-state index in [1.807, 2.05) is 0 Å². The average Bonchev–Trinajstić information content (AvgIpc) is 2.75. The van der Waals surface area contributed by atoms with E-state index in [0.29, 0.717) is 29.9 Å². The molecule has 1 aromatic heterocycles. The van der Waals surface area contributed by atoms with Crippen LogP contribution in [0.4, 0.5) is 0 Å². The summed E-state index contributed by atoms with van der Waals surface area (Å²) in [7, 11) is -3.48. The number of hydrogen-bond donors (Lipinski definition) is 1. The molecule has 2 heterocycles. The van der Waals surface area contributed by atoms with Crippen LogP contribution in [0.3, 0.4) is 0 Å². The van der Waals surface area contributed by atoms with Crippen LogP contribution in [-0.2, 0) is 10.0 Å². The number of piperidine rings is 1. The molecule has 1 aliphatic rings. The van der Waals surface area contributed by atoms with Crippen LogP contribution in [0, 0.1) is 6.92 Å². The first kappa shape index (κ1) is 13.4. The third-order valence-electron chi connectivity index (χ3n) is 3.72. The van der Waals surface area contributed by atoms with Crippen molar-refractivity contribution in [1.29, 1.82) is 0 Å². The molecule has 1 N–H and O–H groups in total. The number of benzene rings is 1. The molecule has 0 spiro atoms. The second-order valence-electron chi connectivity index (χ2n) is 5.09. The molecule has 0 radical (unpaired) electrons. The van der Waals surface area contributed by atoms with E-state index in [1.165, 1.54) is 10.4 Å². The maximum Gasteiger partial charge on any atom is 0.243 e. The summed E-state index contributed by atoms with van der Waals surface area (Å²) in [5.41, 5.74) is 1.00. The first-order valence-electron chi connectivity index (χ1n) is 6.68. The molecule has 1 saturated heterocycles. The third kappa shape index (κ3) is 2.06. The summed E-state index contributed by atoms with van der Waals surface area (Å²) in [5.74, 6) is 0.438. The highest BCUT2D eigenvalue weighted by Crippen LogP contribution is 2.24. The summed E-state index contributed by atoms with van der Waals surface area (Å²) in [6.45, 7) is 2.80. The van der Waals surface area contributed by atoms with Crippen molar-refractivity contribution in [2.45, 2.75) is 31.1 Å². The number of imidazole rings is 1. The SMILES string of the molecule is Cc1nc2ccc(S(=O)(=O)N3CCCCC3)cc2n1O. The van der Waals surface area contributed by atoms with Crippen LogP contribution in [-0.4, -0.2) is 40.7 Å². The lowest BCUT2D eigenvalue weighted by molar-refractivity contribution is 0.191. The molecule has 1 fully saturated rings. The van der Waals surface area contributed by atoms with E-state index in [1.54, 1.807) is 19.1 Å². The average molecular weight is 295 g/mol. The summed E-state index contributed by atoms with van der Waals surface area (Å²) in [5, 5.41) is 9.84. The molecule has 0 atom stereocenters. The van der Waals surface area contributed by atoms with E-state index >= 15 is 0 Å². The van der Waals surface area contributed by atoms with Gasteiger partial charge in [-0.05, 0) is 38.0 Å². The molecule has 7 heteroatoms. The molecule has 6 nitrogen and oxygen atoms in total. The quantitative estimate of drug-likeness (QED) is 0.857. The molecule has 20 heavy (non-hydrogen) atoms. The van der Waals surface area contributed by atoms with Crippen LogP contribution in [0.5, 0.6) is 0 Å². The van der Waals surface area contributed by atoms with E-state index in [-0.39, 0.29) is 4.90 Å². The molecule has 3 rings (SSSR count). The Morgan fingerprint density at radius 2 is 1.90 bits per heavy atom. The van der Waals surface area contributed by atoms with Gasteiger partial charge in [-0.2, -0.15) is 9.04 Å². The minimum Gasteiger partial charge on any atom is -0.427 e. The normalized spacial score (nSPS) is 17.6. The Hall–Kier alpha value is -1.60. The Kier molecular flexibility index (Phi) is 3.18. The van der Waals surface area contributed by atoms with E-state index in [0.717, 1.165) is 24.0 Å². The van der Waals surface area contributed by atoms with Gasteiger partial charge in [0.05, 0.1) is 10.4 Å². The largest absolute Gasteiger partial charge is 0.427 e. The van der Waals surface area contributed by atoms with E-state index < -0.39 is 10.0 Å². The zero-order valence-electron chi connectivity index (χ0n) is 11.3. The molecule has 0 saturated carbocycles. The Bertz CT molecular complexity index is 746. The van der Waals surface area contributed by atoms with Gasteiger partial charge in [0.1, 0.15) is 11.3 Å². The van der Waals surface area contributed by atoms with Gasteiger partial charge in [0.2, 0.25) is 10.0 Å². The highest BCUT2D eigenvalue weighted by Gasteiger charge is 2.26. The van der Waals surface area contributed by atoms with Crippen molar-refractivity contribution in [3.63, 3.8) is 0 Å². The third-order valence-corrected chi connectivity index (χ3v) is 5.61. The highest BCUT2D eigenvalue weighted by molar-refractivity contribution is 7.89. The Balaban J connectivity index is 2.06. The molecule has 0 unspecified atom stereocenters. The molecule has 2 aromatic rings. The number of sulfonamides is 1. The van der Waals surface area contributed by atoms with Crippen molar-refractivity contribution in [2.75, 3.05) is 13.1 Å². The molecule has 0 aliphatic carbocycles. The number of rotatable bonds is 2. The van der Waals surface area contributed by atoms with Crippen molar-refractivity contribution in [1.82, 2.24) is 14.0 Å². The van der Waals surface area contributed by atoms with Crippen LogP contribution >= 0.6 is 0 Å². The molecule has 108 valence electrons. The van der Waals surface area contributed by atoms with Gasteiger partial charge in [-0.15, -0.1) is 0 Å². The van der Waals surface area contributed by atoms with E-state index in [4.69, 9.17) is 0 Å². The maximum atomic E-state index is 12.6. The van der Waals surface area contributed by atoms with Gasteiger partial charge in [0, 0.05) is 13.1 Å². The first-order valence-corrected chi connectivity index (χ1v) is 8.13. The first-order chi connectivity index (χ1) is 9.50. The summed E-state index contributed by atoms with van der Waals surface area (Å²) in [4.78, 5) is 4.36. The maximum absolute atomic E-state index is 12.6. The van der Waals surface area contributed by atoms with Gasteiger partial charge in [0.25, 0.3) is 0 Å². The predicted octanol–water partition coefficient (Wildman–Crippen LogP) is 1.76. The Morgan fingerprint density at radius 3 is 2.60 bits per heavy atom. The predicted molar refractivity (Wildman–Crippen MR) is 74.3 cm³/mol. The smallest absolute Gasteiger partial charge is 0.243 e. The Morgan fingerprint density at radius 1 is 1.20 bits per heavy atom. The Labute approximate surface area is 117 Å². The molecule has 0 bridgehead atoms. The van der Waals surface area contributed by atoms with Crippen molar-refractivity contribution >= 4 is 21.1 Å². The van der Waals surface area contributed by atoms with Gasteiger partial charge < -0.3 is 5.21 Å². The second-order valence-corrected chi connectivity index (χ2v) is 7.02. The topological polar surface area (TPSA) is 75.4 Å². The zero-order valence-corrected chi connectivity index (χ0v) is 12.1. The summed E-state index contributed by atoms with van der Waals surface area (Å²) in [6.07, 6.45) is 2.88. The lowest BCUT2D eigenvalue weighted by Gasteiger charge is -2.25. The summed E-state index contributed by atoms with van der Waals surface area (Å²) >= 11 is 0. The van der Waals surface area contributed by atoms with Crippen LogP contribution in [0.1, 0.15) is 25.1 Å². The molecule has 1 aromatic carbocycles. The van der Waals surface area contributed by atoms with Gasteiger partial charge in [-0.25, -0.2) is 13.4 Å². The minimum atomic E-state index is -3.48. The van der Waals surface area contributed by atoms with Gasteiger partial charge in [-0.3, -0.25) is 0 Å². The second kappa shape index (κ2) is 4.75. The van der Waals surface area contributed by atoms with Crippen LogP contribution in [0.2, 0.25) is 0 Å². The van der Waals surface area contributed by atoms with Crippen molar-refractivity contribution in [3.05, 3.63) is 24.0 Å². The molecular weight excluding hydrogens is 278 g/mol. The standard InChI is InChI=1S/C13H17N3O3S/c1-10-14-12-6-5-11(9-13(12)16(10)17)20(18,19)15-7-3-2-4-8-15/h5-6,9,17H,2-4,7-8H2,1H3. The van der Waals surface area contributed by atoms with Crippen LogP contribution < -0.4 is 0 Å². The monoisotopic (exact) mass is 295 g/mol. The van der Waals surface area contributed by atoms with Crippen LogP contribution in [0.25, 0.3) is 11.0 Å². The molecule has 0 amide bonds. The number of aryl methyl sites for hydroxylation is 1. The fourth-order valence-electron chi connectivity index (χ4n) is 2.58. The fourth-order valence-corrected chi connectivity index (χ4v) is 4.12. The lowest BCUT2D eigenvalue weighted by atomic mass is 10.2. The van der Waals surface area contributed by atoms with Crippen LogP contribution in [0.15, 0.2) is 23.1 Å². The summed E-state index contributed by atoms with van der Waals surface area (Å²) in [6, 6.07) is 4.67. The van der Waals surface area contributed by atoms with E-state index in [9.17, 15) is 13.6 Å². The highest BCUT2D eigenvalue weighted by atomic mass is 32.2. The fraction of sp³-hybridized carbons (Fsp3) is 0.462. The van der Waals surface area contributed by atoms with Crippen molar-refractivity contribution in [2.24, 2.45) is 0 Å². The minimum absolute atomic E-state index is 0.210. The van der Waals surface area contributed by atoms with Gasteiger partial charge >= 0.3 is 0 Å². The summed E-state index contributed by atoms with van der Waals surface area (Å²) < 4.78 is 27.6. The van der Waals surface area contributed by atoms with Gasteiger partial charge in [0.15, 0.2) is 0 Å². The van der Waals surface area contributed by atoms with Gasteiger partial charge in [-0.1, -0.05) is 6.42 Å². The molecule has 1 aliphatic heterocycles. The number of nitrogens with zero attached hydrogens (tertiary/aromatic N) is 3. The number of aromatic nitrogens is 2. The van der Waals surface area contributed by atoms with Crippen molar-refractivity contribution < 1.29 is 13.6 Å². The number of hydrogen-bond acceptors (Lipinski definition) is 4. The molecular formula is C13H17N3O3S.